The molecule has 0 bridgehead atoms. The molecule has 3 aromatic rings. The Labute approximate surface area is 202 Å². The van der Waals surface area contributed by atoms with E-state index in [0.717, 1.165) is 31.2 Å². The van der Waals surface area contributed by atoms with Gasteiger partial charge in [0.2, 0.25) is 0 Å². The molecule has 1 aliphatic heterocycles. The van der Waals surface area contributed by atoms with E-state index in [1.54, 1.807) is 12.1 Å². The molecular weight excluding hydrogens is 465 g/mol. The number of hydrogen-bond acceptors (Lipinski definition) is 6. The van der Waals surface area contributed by atoms with Gasteiger partial charge in [-0.2, -0.15) is 0 Å². The number of halogens is 2. The summed E-state index contributed by atoms with van der Waals surface area (Å²) in [6, 6.07) is 9.15. The number of benzene rings is 2. The fraction of sp³-hybridized carbons (Fsp3) is 0.458. The minimum atomic E-state index is -0.311. The van der Waals surface area contributed by atoms with Gasteiger partial charge in [0.15, 0.2) is 6.29 Å². The number of aromatic nitrogens is 3. The number of esters is 1. The van der Waals surface area contributed by atoms with Gasteiger partial charge in [-0.1, -0.05) is 43.1 Å². The second kappa shape index (κ2) is 10.7. The van der Waals surface area contributed by atoms with Crippen LogP contribution in [0.1, 0.15) is 45.1 Å². The van der Waals surface area contributed by atoms with Crippen LogP contribution in [0.25, 0.3) is 16.7 Å². The zero-order valence-electron chi connectivity index (χ0n) is 18.7. The van der Waals surface area contributed by atoms with Gasteiger partial charge < -0.3 is 14.2 Å². The van der Waals surface area contributed by atoms with Gasteiger partial charge in [0.05, 0.1) is 29.2 Å². The van der Waals surface area contributed by atoms with Gasteiger partial charge in [-0.25, -0.2) is 0 Å². The van der Waals surface area contributed by atoms with Crippen LogP contribution in [0, 0.1) is 5.92 Å². The molecule has 2 heterocycles. The summed E-state index contributed by atoms with van der Waals surface area (Å²) in [4.78, 5) is 13.5. The smallest absolute Gasteiger partial charge is 0.308 e. The Morgan fingerprint density at radius 3 is 2.55 bits per heavy atom. The van der Waals surface area contributed by atoms with E-state index in [4.69, 9.17) is 37.4 Å². The molecule has 0 saturated carbocycles. The van der Waals surface area contributed by atoms with Crippen LogP contribution >= 0.6 is 23.2 Å². The highest BCUT2D eigenvalue weighted by atomic mass is 35.5. The van der Waals surface area contributed by atoms with Crippen molar-refractivity contribution < 1.29 is 19.0 Å². The van der Waals surface area contributed by atoms with Crippen molar-refractivity contribution >= 4 is 40.2 Å². The molecule has 0 aliphatic carbocycles. The maximum Gasteiger partial charge on any atom is 0.308 e. The molecule has 7 nitrogen and oxygen atoms in total. The first kappa shape index (κ1) is 23.8. The zero-order chi connectivity index (χ0) is 23.4. The molecule has 33 heavy (non-hydrogen) atoms. The Balaban J connectivity index is 1.61. The van der Waals surface area contributed by atoms with Crippen LogP contribution in [0.15, 0.2) is 30.3 Å². The third kappa shape index (κ3) is 5.78. The van der Waals surface area contributed by atoms with Gasteiger partial charge in [0, 0.05) is 12.8 Å². The highest BCUT2D eigenvalue weighted by Gasteiger charge is 2.20. The van der Waals surface area contributed by atoms with Crippen LogP contribution in [-0.4, -0.2) is 40.5 Å². The van der Waals surface area contributed by atoms with Gasteiger partial charge in [-0.15, -0.1) is 15.0 Å². The van der Waals surface area contributed by atoms with Crippen LogP contribution < -0.4 is 4.74 Å². The second-order valence-electron chi connectivity index (χ2n) is 8.19. The fourth-order valence-electron chi connectivity index (χ4n) is 3.52. The van der Waals surface area contributed by atoms with E-state index >= 15 is 0 Å². The lowest BCUT2D eigenvalue weighted by molar-refractivity contribution is -0.147. The van der Waals surface area contributed by atoms with Gasteiger partial charge in [0.1, 0.15) is 22.5 Å². The molecule has 2 atom stereocenters. The lowest BCUT2D eigenvalue weighted by atomic mass is 10.1. The molecule has 0 amide bonds. The first-order valence-corrected chi connectivity index (χ1v) is 12.0. The van der Waals surface area contributed by atoms with Crippen molar-refractivity contribution in [1.29, 1.82) is 0 Å². The van der Waals surface area contributed by atoms with E-state index in [2.05, 4.69) is 10.2 Å². The predicted molar refractivity (Wildman–Crippen MR) is 127 cm³/mol. The fourth-order valence-corrected chi connectivity index (χ4v) is 3.83. The van der Waals surface area contributed by atoms with Gasteiger partial charge in [-0.05, 0) is 49.1 Å². The minimum absolute atomic E-state index is 0.105. The predicted octanol–water partition coefficient (Wildman–Crippen LogP) is 5.76. The lowest BCUT2D eigenvalue weighted by Gasteiger charge is -2.24. The van der Waals surface area contributed by atoms with Crippen LogP contribution in [0.2, 0.25) is 10.0 Å². The monoisotopic (exact) mass is 491 g/mol. The van der Waals surface area contributed by atoms with Crippen LogP contribution in [-0.2, 0) is 20.7 Å². The van der Waals surface area contributed by atoms with E-state index < -0.39 is 0 Å². The topological polar surface area (TPSA) is 75.5 Å². The van der Waals surface area contributed by atoms with Crippen molar-refractivity contribution in [3.63, 3.8) is 0 Å². The number of rotatable bonds is 8. The Morgan fingerprint density at radius 2 is 1.91 bits per heavy atom. The molecular formula is C24H27Cl2N3O4. The molecule has 0 radical (unpaired) electrons. The summed E-state index contributed by atoms with van der Waals surface area (Å²) in [5.74, 6) is 0.326. The standard InChI is InChI=1S/C24H27Cl2N3O4/c1-3-15(2)24(30)32-11-9-16-7-8-22(33-23-6-4-5-10-31-23)21(12-16)29-27-19-13-17(25)18(26)14-20(19)28-29/h7-8,12-15,23H,3-6,9-11H2,1-2H3. The van der Waals surface area contributed by atoms with Crippen molar-refractivity contribution in [1.82, 2.24) is 15.0 Å². The summed E-state index contributed by atoms with van der Waals surface area (Å²) in [5.41, 5.74) is 2.88. The second-order valence-corrected chi connectivity index (χ2v) is 9.00. The summed E-state index contributed by atoms with van der Waals surface area (Å²) in [6.07, 6.45) is 3.93. The Morgan fingerprint density at radius 1 is 1.18 bits per heavy atom. The normalized spacial score (nSPS) is 17.2. The largest absolute Gasteiger partial charge is 0.465 e. The maximum absolute atomic E-state index is 12.0. The SMILES string of the molecule is CCC(C)C(=O)OCCc1ccc(OC2CCCCO2)c(-n2nc3cc(Cl)c(Cl)cc3n2)c1. The number of nitrogens with zero attached hydrogens (tertiary/aromatic N) is 3. The third-order valence-corrected chi connectivity index (χ3v) is 6.43. The van der Waals surface area contributed by atoms with E-state index in [9.17, 15) is 4.79 Å². The molecule has 2 unspecified atom stereocenters. The minimum Gasteiger partial charge on any atom is -0.465 e. The lowest BCUT2D eigenvalue weighted by Crippen LogP contribution is -2.25. The summed E-state index contributed by atoms with van der Waals surface area (Å²) < 4.78 is 17.3. The molecule has 0 spiro atoms. The van der Waals surface area contributed by atoms with Crippen molar-refractivity contribution in [2.24, 2.45) is 5.92 Å². The Kier molecular flexibility index (Phi) is 7.73. The molecule has 1 aromatic heterocycles. The third-order valence-electron chi connectivity index (χ3n) is 5.71. The maximum atomic E-state index is 12.0. The average molecular weight is 492 g/mol. The molecule has 1 aliphatic rings. The average Bonchev–Trinajstić information content (AvgIpc) is 3.22. The number of fused-ring (bicyclic) bond motifs is 1. The van der Waals surface area contributed by atoms with Crippen molar-refractivity contribution in [2.45, 2.75) is 52.2 Å². The summed E-state index contributed by atoms with van der Waals surface area (Å²) in [5, 5.41) is 9.99. The van der Waals surface area contributed by atoms with Crippen LogP contribution in [0.4, 0.5) is 0 Å². The van der Waals surface area contributed by atoms with E-state index in [0.29, 0.717) is 52.2 Å². The highest BCUT2D eigenvalue weighted by Crippen LogP contribution is 2.30. The molecule has 9 heteroatoms. The number of hydrogen-bond donors (Lipinski definition) is 0. The number of ether oxygens (including phenoxy) is 3. The first-order valence-electron chi connectivity index (χ1n) is 11.2. The summed E-state index contributed by atoms with van der Waals surface area (Å²) >= 11 is 12.3. The van der Waals surface area contributed by atoms with E-state index in [1.807, 2.05) is 32.0 Å². The van der Waals surface area contributed by atoms with Gasteiger partial charge in [0.25, 0.3) is 0 Å². The number of carbonyl (C=O) groups excluding carboxylic acids is 1. The first-order chi connectivity index (χ1) is 15.9. The molecule has 1 fully saturated rings. The van der Waals surface area contributed by atoms with Gasteiger partial charge >= 0.3 is 5.97 Å². The van der Waals surface area contributed by atoms with E-state index in [-0.39, 0.29) is 18.2 Å². The summed E-state index contributed by atoms with van der Waals surface area (Å²) in [7, 11) is 0. The summed E-state index contributed by atoms with van der Waals surface area (Å²) in [6.45, 7) is 4.82. The van der Waals surface area contributed by atoms with Crippen molar-refractivity contribution in [3.05, 3.63) is 45.9 Å². The zero-order valence-corrected chi connectivity index (χ0v) is 20.2. The number of carbonyl (C=O) groups is 1. The molecule has 0 N–H and O–H groups in total. The van der Waals surface area contributed by atoms with Crippen molar-refractivity contribution in [3.8, 4) is 11.4 Å². The van der Waals surface area contributed by atoms with Gasteiger partial charge in [-0.3, -0.25) is 4.79 Å². The quantitative estimate of drug-likeness (QED) is 0.372. The van der Waals surface area contributed by atoms with Crippen LogP contribution in [0.3, 0.4) is 0 Å². The van der Waals surface area contributed by atoms with Crippen LogP contribution in [0.5, 0.6) is 5.75 Å². The molecule has 2 aromatic carbocycles. The molecule has 1 saturated heterocycles. The Hall–Kier alpha value is -2.35. The van der Waals surface area contributed by atoms with Crippen molar-refractivity contribution in [2.75, 3.05) is 13.2 Å². The molecule has 4 rings (SSSR count). The van der Waals surface area contributed by atoms with E-state index in [1.165, 1.54) is 4.80 Å². The highest BCUT2D eigenvalue weighted by molar-refractivity contribution is 6.42. The molecule has 176 valence electrons. The Bertz CT molecular complexity index is 1090.